The van der Waals surface area contributed by atoms with Crippen LogP contribution >= 0.6 is 50.2 Å². The molecule has 2 nitrogen and oxygen atoms in total. The number of ether oxygens (including phenoxy) is 1. The predicted molar refractivity (Wildman–Crippen MR) is 126 cm³/mol. The van der Waals surface area contributed by atoms with Gasteiger partial charge in [-0.2, -0.15) is 0 Å². The molecule has 0 amide bonds. The van der Waals surface area contributed by atoms with Crippen molar-refractivity contribution in [3.05, 3.63) is 66.4 Å². The maximum atomic E-state index is 9.75. The van der Waals surface area contributed by atoms with Crippen molar-refractivity contribution in [2.75, 3.05) is 13.1 Å². The Labute approximate surface area is 199 Å². The first kappa shape index (κ1) is 24.3. The predicted octanol–water partition coefficient (Wildman–Crippen LogP) is 7.49. The van der Waals surface area contributed by atoms with Crippen LogP contribution in [0, 0.1) is 0 Å². The zero-order valence-corrected chi connectivity index (χ0v) is 20.5. The Morgan fingerprint density at radius 2 is 1.65 bits per heavy atom. The molecule has 0 spiro atoms. The Hall–Kier alpha value is -1.36. The van der Waals surface area contributed by atoms with Crippen molar-refractivity contribution in [1.82, 2.24) is 4.58 Å². The molecule has 0 saturated carbocycles. The van der Waals surface area contributed by atoms with E-state index in [9.17, 15) is 17.3 Å². The first-order valence-electron chi connectivity index (χ1n) is 9.41. The fourth-order valence-corrected chi connectivity index (χ4v) is 6.57. The monoisotopic (exact) mass is 553 g/mol. The molecule has 0 saturated heterocycles. The molecule has 4 rings (SSSR count). The van der Waals surface area contributed by atoms with Gasteiger partial charge in [0, 0.05) is 15.1 Å². The maximum absolute atomic E-state index is 9.75. The SMILES string of the molecule is CC[N+](CC)=c1sc2c(s1)C(c1ccc(Br)cc1)Oc1ccc(Cl)cc1-2.F[B-](F)(F)F. The summed E-state index contributed by atoms with van der Waals surface area (Å²) in [7, 11) is -6.00. The molecule has 3 aromatic rings. The summed E-state index contributed by atoms with van der Waals surface area (Å²) in [5, 5.41) is 0.739. The lowest BCUT2D eigenvalue weighted by molar-refractivity contribution is 0.248. The zero-order valence-electron chi connectivity index (χ0n) is 16.6. The molecule has 11 heteroatoms. The number of rotatable bonds is 3. The highest BCUT2D eigenvalue weighted by Gasteiger charge is 2.32. The Balaban J connectivity index is 0.000000491. The Morgan fingerprint density at radius 1 is 1.03 bits per heavy atom. The molecule has 31 heavy (non-hydrogen) atoms. The molecule has 0 bridgehead atoms. The molecule has 0 radical (unpaired) electrons. The summed E-state index contributed by atoms with van der Waals surface area (Å²) in [6.45, 7) is 6.39. The summed E-state index contributed by atoms with van der Waals surface area (Å²) in [6, 6.07) is 14.3. The third kappa shape index (κ3) is 6.12. The van der Waals surface area contributed by atoms with Gasteiger partial charge in [0.1, 0.15) is 18.8 Å². The molecular formula is C20H18BBrClF4NOS2. The van der Waals surface area contributed by atoms with Crippen LogP contribution in [-0.2, 0) is 0 Å². The number of benzene rings is 2. The van der Waals surface area contributed by atoms with E-state index in [0.717, 1.165) is 39.5 Å². The van der Waals surface area contributed by atoms with Crippen molar-refractivity contribution in [2.24, 2.45) is 0 Å². The van der Waals surface area contributed by atoms with Gasteiger partial charge in [-0.3, -0.25) is 0 Å². The minimum absolute atomic E-state index is 0.0858. The highest BCUT2D eigenvalue weighted by Crippen LogP contribution is 2.48. The van der Waals surface area contributed by atoms with Crippen LogP contribution in [-0.4, -0.2) is 20.3 Å². The minimum atomic E-state index is -6.00. The van der Waals surface area contributed by atoms with Gasteiger partial charge in [0.05, 0.1) is 9.75 Å². The number of hydrogen-bond donors (Lipinski definition) is 0. The van der Waals surface area contributed by atoms with Gasteiger partial charge in [0.2, 0.25) is 0 Å². The number of hydrogen-bond acceptors (Lipinski definition) is 3. The Kier molecular flexibility index (Phi) is 7.88. The standard InChI is InChI=1S/C20H18BrClNOS2.BF4/c1-3-23(4-2)20-25-18-15-11-14(22)9-10-16(15)24-17(19(18)26-20)12-5-7-13(21)8-6-12;2-1(3,4)5/h5-11,17H,3-4H2,1-2H3;/q+1;-1. The minimum Gasteiger partial charge on any atom is -0.479 e. The van der Waals surface area contributed by atoms with Crippen molar-refractivity contribution < 1.29 is 22.0 Å². The molecule has 0 aliphatic carbocycles. The van der Waals surface area contributed by atoms with Gasteiger partial charge in [-0.1, -0.05) is 62.3 Å². The Morgan fingerprint density at radius 3 is 2.23 bits per heavy atom. The quantitative estimate of drug-likeness (QED) is 0.186. The fraction of sp³-hybridized carbons (Fsp3) is 0.250. The van der Waals surface area contributed by atoms with Gasteiger partial charge in [-0.25, -0.2) is 4.58 Å². The van der Waals surface area contributed by atoms with Crippen LogP contribution in [0.4, 0.5) is 17.3 Å². The van der Waals surface area contributed by atoms with Crippen molar-refractivity contribution >= 4 is 57.5 Å². The van der Waals surface area contributed by atoms with Crippen LogP contribution in [0.2, 0.25) is 5.02 Å². The molecule has 0 N–H and O–H groups in total. The van der Waals surface area contributed by atoms with Gasteiger partial charge in [0.15, 0.2) is 6.10 Å². The number of fused-ring (bicyclic) bond motifs is 3. The molecule has 0 fully saturated rings. The highest BCUT2D eigenvalue weighted by molar-refractivity contribution is 9.10. The normalized spacial score (nSPS) is 14.6. The van der Waals surface area contributed by atoms with E-state index in [2.05, 4.69) is 58.6 Å². The largest absolute Gasteiger partial charge is 0.673 e. The molecular weight excluding hydrogens is 537 g/mol. The van der Waals surface area contributed by atoms with Gasteiger partial charge in [-0.05, 0) is 49.7 Å². The summed E-state index contributed by atoms with van der Waals surface area (Å²) >= 11 is 13.5. The van der Waals surface area contributed by atoms with E-state index in [4.69, 9.17) is 16.3 Å². The van der Waals surface area contributed by atoms with E-state index in [1.807, 2.05) is 40.9 Å². The van der Waals surface area contributed by atoms with Crippen molar-refractivity contribution in [2.45, 2.75) is 20.0 Å². The molecule has 1 atom stereocenters. The number of halogens is 6. The molecule has 1 aliphatic heterocycles. The van der Waals surface area contributed by atoms with E-state index in [1.165, 1.54) is 13.7 Å². The van der Waals surface area contributed by atoms with Crippen molar-refractivity contribution in [3.63, 3.8) is 0 Å². The molecule has 1 aromatic heterocycles. The summed E-state index contributed by atoms with van der Waals surface area (Å²) < 4.78 is 50.2. The molecule has 1 unspecified atom stereocenters. The van der Waals surface area contributed by atoms with Gasteiger partial charge in [-0.15, -0.1) is 0 Å². The van der Waals surface area contributed by atoms with Crippen LogP contribution in [0.25, 0.3) is 10.4 Å². The van der Waals surface area contributed by atoms with Gasteiger partial charge < -0.3 is 22.0 Å². The second-order valence-corrected chi connectivity index (χ2v) is 10.2. The lowest BCUT2D eigenvalue weighted by Gasteiger charge is -2.26. The van der Waals surface area contributed by atoms with Crippen LogP contribution in [0.15, 0.2) is 46.9 Å². The molecule has 2 aromatic carbocycles. The highest BCUT2D eigenvalue weighted by atomic mass is 79.9. The van der Waals surface area contributed by atoms with E-state index in [1.54, 1.807) is 0 Å². The Bertz CT molecular complexity index is 1120. The first-order valence-corrected chi connectivity index (χ1v) is 12.2. The van der Waals surface area contributed by atoms with Crippen LogP contribution in [0.5, 0.6) is 5.75 Å². The molecule has 2 heterocycles. The third-order valence-corrected chi connectivity index (χ3v) is 8.01. The van der Waals surface area contributed by atoms with E-state index >= 15 is 0 Å². The first-order chi connectivity index (χ1) is 14.6. The number of nitrogens with zero attached hydrogens (tertiary/aromatic N) is 1. The summed E-state index contributed by atoms with van der Waals surface area (Å²) in [5.74, 6) is 0.898. The second-order valence-electron chi connectivity index (χ2n) is 6.52. The average Bonchev–Trinajstić information content (AvgIpc) is 3.13. The van der Waals surface area contributed by atoms with E-state index < -0.39 is 7.25 Å². The van der Waals surface area contributed by atoms with Crippen molar-refractivity contribution in [3.8, 4) is 16.2 Å². The van der Waals surface area contributed by atoms with Crippen molar-refractivity contribution in [1.29, 1.82) is 0 Å². The zero-order chi connectivity index (χ0) is 22.8. The van der Waals surface area contributed by atoms with E-state index in [0.29, 0.717) is 0 Å². The summed E-state index contributed by atoms with van der Waals surface area (Å²) in [5.41, 5.74) is 2.26. The summed E-state index contributed by atoms with van der Waals surface area (Å²) in [6.07, 6.45) is -0.0858. The van der Waals surface area contributed by atoms with Crippen LogP contribution in [0.1, 0.15) is 30.4 Å². The van der Waals surface area contributed by atoms with Crippen LogP contribution < -0.4 is 13.3 Å². The lowest BCUT2D eigenvalue weighted by atomic mass is 10.0. The fourth-order valence-electron chi connectivity index (χ4n) is 3.09. The third-order valence-electron chi connectivity index (χ3n) is 4.47. The topological polar surface area (TPSA) is 12.2 Å². The van der Waals surface area contributed by atoms with Gasteiger partial charge in [0.25, 0.3) is 0 Å². The van der Waals surface area contributed by atoms with Crippen LogP contribution in [0.3, 0.4) is 0 Å². The smallest absolute Gasteiger partial charge is 0.479 e. The second kappa shape index (κ2) is 10.1. The average molecular weight is 555 g/mol. The molecule has 1 aliphatic rings. The lowest BCUT2D eigenvalue weighted by Crippen LogP contribution is -2.25. The van der Waals surface area contributed by atoms with Gasteiger partial charge >= 0.3 is 11.2 Å². The summed E-state index contributed by atoms with van der Waals surface area (Å²) in [4.78, 5) is 2.53. The molecule has 166 valence electrons. The van der Waals surface area contributed by atoms with E-state index in [-0.39, 0.29) is 6.10 Å². The maximum Gasteiger partial charge on any atom is 0.673 e.